The van der Waals surface area contributed by atoms with Gasteiger partial charge in [0.05, 0.1) is 6.10 Å². The number of aliphatic hydroxyl groups excluding tert-OH is 1. The lowest BCUT2D eigenvalue weighted by atomic mass is 9.86. The smallest absolute Gasteiger partial charge is 0.329 e. The van der Waals surface area contributed by atoms with Crippen molar-refractivity contribution in [2.45, 2.75) is 72.3 Å². The molecular formula is C28H39NO6. The van der Waals surface area contributed by atoms with E-state index >= 15 is 0 Å². The van der Waals surface area contributed by atoms with Crippen molar-refractivity contribution >= 4 is 17.8 Å². The van der Waals surface area contributed by atoms with Gasteiger partial charge in [-0.1, -0.05) is 63.3 Å². The summed E-state index contributed by atoms with van der Waals surface area (Å²) in [4.78, 5) is 39.6. The fourth-order valence-electron chi connectivity index (χ4n) is 4.37. The van der Waals surface area contributed by atoms with Gasteiger partial charge in [0, 0.05) is 38.1 Å². The van der Waals surface area contributed by atoms with E-state index < -0.39 is 36.3 Å². The molecule has 1 aromatic carbocycles. The summed E-state index contributed by atoms with van der Waals surface area (Å²) >= 11 is 0. The van der Waals surface area contributed by atoms with E-state index in [0.29, 0.717) is 12.0 Å². The number of hydrogen-bond acceptors (Lipinski definition) is 6. The second-order valence-electron chi connectivity index (χ2n) is 9.66. The lowest BCUT2D eigenvalue weighted by molar-refractivity contribution is -0.165. The Morgan fingerprint density at radius 2 is 1.71 bits per heavy atom. The number of amides is 1. The number of hydrogen-bond donors (Lipinski definition) is 1. The van der Waals surface area contributed by atoms with Crippen LogP contribution in [-0.4, -0.2) is 59.3 Å². The van der Waals surface area contributed by atoms with E-state index in [1.165, 1.54) is 17.9 Å². The van der Waals surface area contributed by atoms with Crippen LogP contribution in [0, 0.1) is 17.8 Å². The molecule has 1 unspecified atom stereocenters. The van der Waals surface area contributed by atoms with Crippen LogP contribution in [0.3, 0.4) is 0 Å². The molecular weight excluding hydrogens is 446 g/mol. The Balaban J connectivity index is 2.49. The van der Waals surface area contributed by atoms with Crippen molar-refractivity contribution in [2.75, 3.05) is 7.05 Å². The highest BCUT2D eigenvalue weighted by molar-refractivity contribution is 5.91. The topological polar surface area (TPSA) is 93.1 Å². The molecule has 7 heteroatoms. The van der Waals surface area contributed by atoms with E-state index in [2.05, 4.69) is 0 Å². The predicted octanol–water partition coefficient (Wildman–Crippen LogP) is 3.70. The Morgan fingerprint density at radius 1 is 1.09 bits per heavy atom. The number of rotatable bonds is 3. The number of cyclic esters (lactones) is 1. The standard InChI is InChI=1S/C28H39NO6/c1-17-13-14-25(31)29(7)24(16-23-11-9-8-10-12-23)28(33)34-21(5)20(4)27(35-22(6)30)19(3)15-18(2)26(17)32/h8-15,17,19-21,24,26-27,32H,16H2,1-7H3/b14-13-,18-15-/t17-,19+,20-,21-,24?,26-,27+/m0/s1. The van der Waals surface area contributed by atoms with Crippen molar-refractivity contribution < 1.29 is 29.0 Å². The number of likely N-dealkylation sites (N-methyl/N-ethyl adjacent to an activating group) is 1. The van der Waals surface area contributed by atoms with Crippen molar-refractivity contribution in [3.05, 3.63) is 59.7 Å². The van der Waals surface area contributed by atoms with Gasteiger partial charge in [0.1, 0.15) is 18.2 Å². The normalized spacial score (nSPS) is 33.5. The van der Waals surface area contributed by atoms with Gasteiger partial charge in [-0.3, -0.25) is 9.59 Å². The summed E-state index contributed by atoms with van der Waals surface area (Å²) in [5, 5.41) is 10.8. The highest BCUT2D eigenvalue weighted by atomic mass is 16.6. The van der Waals surface area contributed by atoms with Gasteiger partial charge in [0.2, 0.25) is 5.91 Å². The molecule has 0 aliphatic carbocycles. The first kappa shape index (κ1) is 28.3. The Morgan fingerprint density at radius 3 is 2.31 bits per heavy atom. The van der Waals surface area contributed by atoms with Crippen LogP contribution >= 0.6 is 0 Å². The summed E-state index contributed by atoms with van der Waals surface area (Å²) in [6.07, 6.45) is 3.22. The molecule has 1 aliphatic heterocycles. The van der Waals surface area contributed by atoms with Crippen LogP contribution in [0.2, 0.25) is 0 Å². The van der Waals surface area contributed by atoms with Crippen LogP contribution in [0.15, 0.2) is 54.1 Å². The monoisotopic (exact) mass is 485 g/mol. The number of nitrogens with zero attached hydrogens (tertiary/aromatic N) is 1. The summed E-state index contributed by atoms with van der Waals surface area (Å²) in [6.45, 7) is 10.5. The molecule has 7 atom stereocenters. The van der Waals surface area contributed by atoms with Crippen LogP contribution in [0.4, 0.5) is 0 Å². The zero-order chi connectivity index (χ0) is 26.3. The minimum absolute atomic E-state index is 0.240. The quantitative estimate of drug-likeness (QED) is 0.518. The van der Waals surface area contributed by atoms with Crippen molar-refractivity contribution in [1.29, 1.82) is 0 Å². The van der Waals surface area contributed by atoms with E-state index in [1.807, 2.05) is 64.1 Å². The zero-order valence-electron chi connectivity index (χ0n) is 21.8. The van der Waals surface area contributed by atoms with Gasteiger partial charge in [-0.05, 0) is 31.1 Å². The Bertz CT molecular complexity index is 940. The minimum atomic E-state index is -0.848. The van der Waals surface area contributed by atoms with E-state index in [1.54, 1.807) is 20.0 Å². The summed E-state index contributed by atoms with van der Waals surface area (Å²) < 4.78 is 11.5. The summed E-state index contributed by atoms with van der Waals surface area (Å²) in [7, 11) is 1.57. The Kier molecular flexibility index (Phi) is 10.3. The molecule has 1 aliphatic rings. The summed E-state index contributed by atoms with van der Waals surface area (Å²) in [5.74, 6) is -2.23. The molecule has 0 aromatic heterocycles. The fourth-order valence-corrected chi connectivity index (χ4v) is 4.37. The van der Waals surface area contributed by atoms with Crippen molar-refractivity contribution in [2.24, 2.45) is 17.8 Å². The predicted molar refractivity (Wildman–Crippen MR) is 134 cm³/mol. The maximum absolute atomic E-state index is 13.3. The third-order valence-electron chi connectivity index (χ3n) is 6.77. The van der Waals surface area contributed by atoms with Crippen LogP contribution in [0.5, 0.6) is 0 Å². The molecule has 0 saturated carbocycles. The Labute approximate surface area is 208 Å². The van der Waals surface area contributed by atoms with Crippen molar-refractivity contribution in [3.8, 4) is 0 Å². The molecule has 1 heterocycles. The number of carbonyl (C=O) groups is 3. The van der Waals surface area contributed by atoms with Gasteiger partial charge in [-0.25, -0.2) is 4.79 Å². The first-order chi connectivity index (χ1) is 16.4. The van der Waals surface area contributed by atoms with Gasteiger partial charge in [0.25, 0.3) is 0 Å². The summed E-state index contributed by atoms with van der Waals surface area (Å²) in [5.41, 5.74) is 1.60. The van der Waals surface area contributed by atoms with Gasteiger partial charge in [-0.2, -0.15) is 0 Å². The highest BCUT2D eigenvalue weighted by Crippen LogP contribution is 2.27. The molecule has 1 amide bonds. The van der Waals surface area contributed by atoms with Crippen molar-refractivity contribution in [1.82, 2.24) is 4.90 Å². The van der Waals surface area contributed by atoms with E-state index in [0.717, 1.165) is 5.56 Å². The Hall–Kier alpha value is -2.93. The SMILES string of the molecule is CC(=O)O[C@H]1[C@@H](C)[C@H](C)OC(=O)C(Cc2ccccc2)N(C)C(=O)/C=C\[C@H](C)[C@H](O)/C(C)=C\[C@H]1C. The largest absolute Gasteiger partial charge is 0.462 e. The first-order valence-electron chi connectivity index (χ1n) is 12.1. The number of ether oxygens (including phenoxy) is 2. The van der Waals surface area contributed by atoms with Crippen LogP contribution < -0.4 is 0 Å². The van der Waals surface area contributed by atoms with Gasteiger partial charge in [-0.15, -0.1) is 0 Å². The molecule has 0 radical (unpaired) electrons. The summed E-state index contributed by atoms with van der Waals surface area (Å²) in [6, 6.07) is 8.59. The molecule has 192 valence electrons. The van der Waals surface area contributed by atoms with Gasteiger partial charge < -0.3 is 19.5 Å². The average Bonchev–Trinajstić information content (AvgIpc) is 2.82. The third-order valence-corrected chi connectivity index (χ3v) is 6.77. The molecule has 0 spiro atoms. The number of carbonyl (C=O) groups excluding carboxylic acids is 3. The molecule has 35 heavy (non-hydrogen) atoms. The molecule has 2 rings (SSSR count). The van der Waals surface area contributed by atoms with E-state index in [-0.39, 0.29) is 23.7 Å². The van der Waals surface area contributed by atoms with Crippen molar-refractivity contribution in [3.63, 3.8) is 0 Å². The zero-order valence-corrected chi connectivity index (χ0v) is 21.8. The molecule has 0 saturated heterocycles. The molecule has 0 bridgehead atoms. The van der Waals surface area contributed by atoms with Crippen LogP contribution in [0.25, 0.3) is 0 Å². The second kappa shape index (κ2) is 12.7. The van der Waals surface area contributed by atoms with Crippen LogP contribution in [0.1, 0.15) is 47.1 Å². The third kappa shape index (κ3) is 7.79. The lowest BCUT2D eigenvalue weighted by Gasteiger charge is -2.33. The molecule has 7 nitrogen and oxygen atoms in total. The maximum Gasteiger partial charge on any atom is 0.329 e. The molecule has 1 N–H and O–H groups in total. The van der Waals surface area contributed by atoms with E-state index in [9.17, 15) is 19.5 Å². The number of esters is 2. The van der Waals surface area contributed by atoms with Gasteiger partial charge in [0.15, 0.2) is 0 Å². The first-order valence-corrected chi connectivity index (χ1v) is 12.1. The van der Waals surface area contributed by atoms with E-state index in [4.69, 9.17) is 9.47 Å². The average molecular weight is 486 g/mol. The molecule has 0 fully saturated rings. The fraction of sp³-hybridized carbons (Fsp3) is 0.536. The maximum atomic E-state index is 13.3. The van der Waals surface area contributed by atoms with Gasteiger partial charge >= 0.3 is 11.9 Å². The number of aliphatic hydroxyl groups is 1. The highest BCUT2D eigenvalue weighted by Gasteiger charge is 2.35. The van der Waals surface area contributed by atoms with Crippen LogP contribution in [-0.2, 0) is 30.3 Å². The second-order valence-corrected chi connectivity index (χ2v) is 9.66. The number of benzene rings is 1. The minimum Gasteiger partial charge on any atom is -0.462 e. The lowest BCUT2D eigenvalue weighted by Crippen LogP contribution is -2.46. The molecule has 1 aromatic rings.